The van der Waals surface area contributed by atoms with Crippen LogP contribution in [0.3, 0.4) is 0 Å². The lowest BCUT2D eigenvalue weighted by molar-refractivity contribution is -0.133. The highest BCUT2D eigenvalue weighted by Gasteiger charge is 2.28. The topological polar surface area (TPSA) is 46.3 Å². The molecule has 0 saturated heterocycles. The number of hydrogen-bond acceptors (Lipinski definition) is 2. The van der Waals surface area contributed by atoms with Gasteiger partial charge in [0.1, 0.15) is 0 Å². The monoisotopic (exact) mass is 258 g/mol. The van der Waals surface area contributed by atoms with Crippen LogP contribution in [0.1, 0.15) is 43.2 Å². The first-order valence-corrected chi connectivity index (χ1v) is 7.34. The standard InChI is InChI=1S/C16H22N2O/c17-15-8-4-3-5-12(15)9-16(19)18-10-13-6-1-2-7-14(13)11-18/h1-2,6-7,12,15H,3-5,8-11,17H2. The molecule has 1 aromatic carbocycles. The molecular formula is C16H22N2O. The maximum absolute atomic E-state index is 12.4. The van der Waals surface area contributed by atoms with Crippen LogP contribution >= 0.6 is 0 Å². The van der Waals surface area contributed by atoms with E-state index in [9.17, 15) is 4.79 Å². The average Bonchev–Trinajstić information content (AvgIpc) is 2.85. The Morgan fingerprint density at radius 2 is 1.79 bits per heavy atom. The molecule has 1 saturated carbocycles. The molecule has 0 bridgehead atoms. The van der Waals surface area contributed by atoms with Crippen molar-refractivity contribution < 1.29 is 4.79 Å². The van der Waals surface area contributed by atoms with Crippen LogP contribution in [0.5, 0.6) is 0 Å². The lowest BCUT2D eigenvalue weighted by atomic mass is 9.83. The summed E-state index contributed by atoms with van der Waals surface area (Å²) < 4.78 is 0. The van der Waals surface area contributed by atoms with Gasteiger partial charge in [-0.05, 0) is 29.9 Å². The number of benzene rings is 1. The second kappa shape index (κ2) is 5.33. The van der Waals surface area contributed by atoms with Gasteiger partial charge in [0.15, 0.2) is 0 Å². The fourth-order valence-corrected chi connectivity index (χ4v) is 3.35. The van der Waals surface area contributed by atoms with Crippen LogP contribution in [0, 0.1) is 5.92 Å². The van der Waals surface area contributed by atoms with E-state index in [2.05, 4.69) is 12.1 Å². The zero-order chi connectivity index (χ0) is 13.2. The molecule has 2 N–H and O–H groups in total. The fraction of sp³-hybridized carbons (Fsp3) is 0.562. The Hall–Kier alpha value is -1.35. The predicted molar refractivity (Wildman–Crippen MR) is 75.2 cm³/mol. The maximum atomic E-state index is 12.4. The van der Waals surface area contributed by atoms with E-state index in [0.29, 0.717) is 12.3 Å². The first-order chi connectivity index (χ1) is 9.24. The van der Waals surface area contributed by atoms with Crippen molar-refractivity contribution in [3.63, 3.8) is 0 Å². The smallest absolute Gasteiger partial charge is 0.223 e. The van der Waals surface area contributed by atoms with Crippen molar-refractivity contribution in [1.82, 2.24) is 4.90 Å². The van der Waals surface area contributed by atoms with Gasteiger partial charge in [-0.25, -0.2) is 0 Å². The fourth-order valence-electron chi connectivity index (χ4n) is 3.35. The van der Waals surface area contributed by atoms with E-state index in [-0.39, 0.29) is 11.9 Å². The van der Waals surface area contributed by atoms with E-state index < -0.39 is 0 Å². The Morgan fingerprint density at radius 1 is 1.16 bits per heavy atom. The van der Waals surface area contributed by atoms with Gasteiger partial charge in [0.05, 0.1) is 0 Å². The molecule has 2 unspecified atom stereocenters. The number of hydrogen-bond donors (Lipinski definition) is 1. The molecule has 1 heterocycles. The summed E-state index contributed by atoms with van der Waals surface area (Å²) in [5.41, 5.74) is 8.73. The highest BCUT2D eigenvalue weighted by Crippen LogP contribution is 2.28. The number of fused-ring (bicyclic) bond motifs is 1. The molecule has 2 atom stereocenters. The molecule has 3 rings (SSSR count). The first kappa shape index (κ1) is 12.7. The Balaban J connectivity index is 1.60. The molecule has 3 nitrogen and oxygen atoms in total. The summed E-state index contributed by atoms with van der Waals surface area (Å²) in [5, 5.41) is 0. The normalized spacial score (nSPS) is 26.3. The van der Waals surface area contributed by atoms with E-state index >= 15 is 0 Å². The predicted octanol–water partition coefficient (Wildman–Crippen LogP) is 2.44. The summed E-state index contributed by atoms with van der Waals surface area (Å²) in [6, 6.07) is 8.56. The average molecular weight is 258 g/mol. The highest BCUT2D eigenvalue weighted by molar-refractivity contribution is 5.77. The zero-order valence-corrected chi connectivity index (χ0v) is 11.3. The molecule has 0 spiro atoms. The molecule has 3 heteroatoms. The number of rotatable bonds is 2. The summed E-state index contributed by atoms with van der Waals surface area (Å²) in [6.07, 6.45) is 5.29. The maximum Gasteiger partial charge on any atom is 0.223 e. The van der Waals surface area contributed by atoms with E-state index in [1.807, 2.05) is 17.0 Å². The molecule has 102 valence electrons. The van der Waals surface area contributed by atoms with Crippen LogP contribution in [0.15, 0.2) is 24.3 Å². The lowest BCUT2D eigenvalue weighted by Crippen LogP contribution is -2.37. The van der Waals surface area contributed by atoms with Crippen molar-refractivity contribution in [3.8, 4) is 0 Å². The number of nitrogens with zero attached hydrogens (tertiary/aromatic N) is 1. The Bertz CT molecular complexity index is 447. The van der Waals surface area contributed by atoms with Crippen LogP contribution in [-0.4, -0.2) is 16.8 Å². The van der Waals surface area contributed by atoms with Crippen LogP contribution < -0.4 is 5.73 Å². The molecule has 2 aliphatic rings. The molecule has 1 aliphatic heterocycles. The van der Waals surface area contributed by atoms with Crippen LogP contribution in [-0.2, 0) is 17.9 Å². The Kier molecular flexibility index (Phi) is 3.56. The SMILES string of the molecule is NC1CCCCC1CC(=O)N1Cc2ccccc2C1. The summed E-state index contributed by atoms with van der Waals surface area (Å²) in [7, 11) is 0. The Labute approximate surface area is 114 Å². The van der Waals surface area contributed by atoms with Crippen molar-refractivity contribution in [2.75, 3.05) is 0 Å². The van der Waals surface area contributed by atoms with Gasteiger partial charge in [0.2, 0.25) is 5.91 Å². The van der Waals surface area contributed by atoms with E-state index in [1.165, 1.54) is 24.0 Å². The number of carbonyl (C=O) groups excluding carboxylic acids is 1. The molecule has 1 aliphatic carbocycles. The third kappa shape index (κ3) is 2.66. The van der Waals surface area contributed by atoms with Gasteiger partial charge in [-0.1, -0.05) is 37.1 Å². The van der Waals surface area contributed by atoms with Crippen molar-refractivity contribution in [2.45, 2.75) is 51.2 Å². The number of carbonyl (C=O) groups is 1. The van der Waals surface area contributed by atoms with Gasteiger partial charge in [-0.3, -0.25) is 4.79 Å². The van der Waals surface area contributed by atoms with E-state index in [4.69, 9.17) is 5.73 Å². The van der Waals surface area contributed by atoms with E-state index in [1.54, 1.807) is 0 Å². The van der Waals surface area contributed by atoms with Crippen molar-refractivity contribution in [3.05, 3.63) is 35.4 Å². The third-order valence-electron chi connectivity index (χ3n) is 4.60. The third-order valence-corrected chi connectivity index (χ3v) is 4.60. The largest absolute Gasteiger partial charge is 0.334 e. The highest BCUT2D eigenvalue weighted by atomic mass is 16.2. The van der Waals surface area contributed by atoms with Crippen molar-refractivity contribution >= 4 is 5.91 Å². The first-order valence-electron chi connectivity index (χ1n) is 7.34. The minimum Gasteiger partial charge on any atom is -0.334 e. The minimum absolute atomic E-state index is 0.225. The molecule has 0 radical (unpaired) electrons. The van der Waals surface area contributed by atoms with Gasteiger partial charge < -0.3 is 10.6 Å². The Morgan fingerprint density at radius 3 is 2.42 bits per heavy atom. The minimum atomic E-state index is 0.225. The molecule has 1 fully saturated rings. The number of amides is 1. The molecule has 1 aromatic rings. The lowest BCUT2D eigenvalue weighted by Gasteiger charge is -2.29. The van der Waals surface area contributed by atoms with Crippen LogP contribution in [0.4, 0.5) is 0 Å². The van der Waals surface area contributed by atoms with E-state index in [0.717, 1.165) is 25.9 Å². The molecule has 19 heavy (non-hydrogen) atoms. The summed E-state index contributed by atoms with van der Waals surface area (Å²) in [5.74, 6) is 0.670. The molecular weight excluding hydrogens is 236 g/mol. The molecule has 0 aromatic heterocycles. The van der Waals surface area contributed by atoms with Crippen molar-refractivity contribution in [1.29, 1.82) is 0 Å². The van der Waals surface area contributed by atoms with Crippen LogP contribution in [0.2, 0.25) is 0 Å². The summed E-state index contributed by atoms with van der Waals surface area (Å²) >= 11 is 0. The number of nitrogens with two attached hydrogens (primary N) is 1. The van der Waals surface area contributed by atoms with Crippen molar-refractivity contribution in [2.24, 2.45) is 11.7 Å². The summed E-state index contributed by atoms with van der Waals surface area (Å²) in [4.78, 5) is 14.4. The van der Waals surface area contributed by atoms with Gasteiger partial charge in [0, 0.05) is 25.6 Å². The van der Waals surface area contributed by atoms with Gasteiger partial charge in [-0.15, -0.1) is 0 Å². The molecule has 1 amide bonds. The van der Waals surface area contributed by atoms with Gasteiger partial charge >= 0.3 is 0 Å². The van der Waals surface area contributed by atoms with Gasteiger partial charge in [-0.2, -0.15) is 0 Å². The second-order valence-corrected chi connectivity index (χ2v) is 5.93. The second-order valence-electron chi connectivity index (χ2n) is 5.93. The van der Waals surface area contributed by atoms with Gasteiger partial charge in [0.25, 0.3) is 0 Å². The summed E-state index contributed by atoms with van der Waals surface area (Å²) in [6.45, 7) is 1.55. The quantitative estimate of drug-likeness (QED) is 0.885. The zero-order valence-electron chi connectivity index (χ0n) is 11.3. The van der Waals surface area contributed by atoms with Crippen LogP contribution in [0.25, 0.3) is 0 Å².